The van der Waals surface area contributed by atoms with E-state index in [1.165, 1.54) is 31.4 Å². The first-order chi connectivity index (χ1) is 9.97. The van der Waals surface area contributed by atoms with Crippen molar-refractivity contribution in [2.45, 2.75) is 45.6 Å². The average Bonchev–Trinajstić information content (AvgIpc) is 2.42. The van der Waals surface area contributed by atoms with Gasteiger partial charge in [0.15, 0.2) is 0 Å². The molecule has 1 aromatic carbocycles. The van der Waals surface area contributed by atoms with E-state index < -0.39 is 0 Å². The summed E-state index contributed by atoms with van der Waals surface area (Å²) in [4.78, 5) is 2.13. The zero-order valence-corrected chi connectivity index (χ0v) is 14.0. The fourth-order valence-electron chi connectivity index (χ4n) is 2.96. The molecule has 1 aliphatic carbocycles. The van der Waals surface area contributed by atoms with Gasteiger partial charge in [0.05, 0.1) is 0 Å². The second-order valence-corrected chi connectivity index (χ2v) is 7.11. The number of nitrogens with one attached hydrogen (secondary N) is 1. The molecule has 0 spiro atoms. The van der Waals surface area contributed by atoms with Gasteiger partial charge in [-0.15, -0.1) is 0 Å². The molecule has 1 N–H and O–H groups in total. The third-order valence-electron chi connectivity index (χ3n) is 4.51. The topological polar surface area (TPSA) is 24.5 Å². The Bertz CT molecular complexity index is 425. The van der Waals surface area contributed by atoms with Crippen LogP contribution in [0.15, 0.2) is 24.3 Å². The molecule has 1 saturated carbocycles. The molecule has 1 aromatic rings. The van der Waals surface area contributed by atoms with E-state index in [4.69, 9.17) is 4.74 Å². The molecule has 0 radical (unpaired) electrons. The average molecular weight is 290 g/mol. The van der Waals surface area contributed by atoms with Crippen LogP contribution in [0.2, 0.25) is 0 Å². The Morgan fingerprint density at radius 2 is 1.90 bits per heavy atom. The van der Waals surface area contributed by atoms with Crippen LogP contribution < -0.4 is 10.1 Å². The number of ether oxygens (including phenoxy) is 1. The van der Waals surface area contributed by atoms with Crippen molar-refractivity contribution >= 4 is 5.69 Å². The van der Waals surface area contributed by atoms with E-state index in [2.05, 4.69) is 62.4 Å². The molecular formula is C18H30N2O. The summed E-state index contributed by atoms with van der Waals surface area (Å²) in [5.74, 6) is 0.949. The zero-order valence-electron chi connectivity index (χ0n) is 14.0. The molecule has 2 rings (SSSR count). The van der Waals surface area contributed by atoms with Gasteiger partial charge in [-0.25, -0.2) is 0 Å². The summed E-state index contributed by atoms with van der Waals surface area (Å²) in [6.07, 6.45) is 5.29. The predicted molar refractivity (Wildman–Crippen MR) is 90.2 cm³/mol. The van der Waals surface area contributed by atoms with Gasteiger partial charge in [-0.1, -0.05) is 26.7 Å². The third-order valence-corrected chi connectivity index (χ3v) is 4.51. The summed E-state index contributed by atoms with van der Waals surface area (Å²) < 4.78 is 5.73. The van der Waals surface area contributed by atoms with Crippen LogP contribution in [0.1, 0.15) is 39.5 Å². The van der Waals surface area contributed by atoms with Crippen molar-refractivity contribution in [1.82, 2.24) is 4.90 Å². The molecule has 21 heavy (non-hydrogen) atoms. The molecule has 3 nitrogen and oxygen atoms in total. The summed E-state index contributed by atoms with van der Waals surface area (Å²) in [6.45, 7) is 6.43. The first-order valence-corrected chi connectivity index (χ1v) is 8.11. The summed E-state index contributed by atoms with van der Waals surface area (Å²) in [6, 6.07) is 8.97. The number of benzene rings is 1. The van der Waals surface area contributed by atoms with Crippen LogP contribution in [0.5, 0.6) is 5.75 Å². The van der Waals surface area contributed by atoms with E-state index in [1.807, 2.05) is 0 Å². The quantitative estimate of drug-likeness (QED) is 0.857. The van der Waals surface area contributed by atoms with Crippen molar-refractivity contribution in [3.63, 3.8) is 0 Å². The van der Waals surface area contributed by atoms with Gasteiger partial charge >= 0.3 is 0 Å². The number of rotatable bonds is 6. The maximum Gasteiger partial charge on any atom is 0.119 e. The Hall–Kier alpha value is -1.22. The van der Waals surface area contributed by atoms with Gasteiger partial charge in [0, 0.05) is 18.3 Å². The molecule has 1 fully saturated rings. The summed E-state index contributed by atoms with van der Waals surface area (Å²) >= 11 is 0. The Morgan fingerprint density at radius 1 is 1.19 bits per heavy atom. The molecular weight excluding hydrogens is 260 g/mol. The highest BCUT2D eigenvalue weighted by Crippen LogP contribution is 2.37. The van der Waals surface area contributed by atoms with Gasteiger partial charge in [-0.2, -0.15) is 0 Å². The van der Waals surface area contributed by atoms with Crippen LogP contribution in [-0.2, 0) is 0 Å². The minimum absolute atomic E-state index is 0.388. The largest absolute Gasteiger partial charge is 0.492 e. The Kier molecular flexibility index (Phi) is 5.51. The fraction of sp³-hybridized carbons (Fsp3) is 0.667. The lowest BCUT2D eigenvalue weighted by molar-refractivity contribution is 0.217. The van der Waals surface area contributed by atoms with E-state index in [9.17, 15) is 0 Å². The first kappa shape index (κ1) is 16.2. The van der Waals surface area contributed by atoms with Crippen LogP contribution in [0.3, 0.4) is 0 Å². The molecule has 0 bridgehead atoms. The minimum Gasteiger partial charge on any atom is -0.492 e. The van der Waals surface area contributed by atoms with Gasteiger partial charge in [-0.3, -0.25) is 0 Å². The van der Waals surface area contributed by atoms with Gasteiger partial charge < -0.3 is 15.0 Å². The molecule has 1 aliphatic rings. The van der Waals surface area contributed by atoms with Crippen LogP contribution in [0.25, 0.3) is 0 Å². The normalized spacial score (nSPS) is 21.3. The zero-order chi connectivity index (χ0) is 15.3. The summed E-state index contributed by atoms with van der Waals surface area (Å²) in [5.41, 5.74) is 1.59. The van der Waals surface area contributed by atoms with Crippen LogP contribution in [0.4, 0.5) is 5.69 Å². The van der Waals surface area contributed by atoms with Crippen LogP contribution >= 0.6 is 0 Å². The van der Waals surface area contributed by atoms with E-state index in [0.717, 1.165) is 18.9 Å². The third kappa shape index (κ3) is 4.92. The second kappa shape index (κ2) is 7.17. The van der Waals surface area contributed by atoms with Gasteiger partial charge in [-0.05, 0) is 56.6 Å². The van der Waals surface area contributed by atoms with Crippen molar-refractivity contribution in [3.05, 3.63) is 24.3 Å². The monoisotopic (exact) mass is 290 g/mol. The Morgan fingerprint density at radius 3 is 2.52 bits per heavy atom. The van der Waals surface area contributed by atoms with Crippen molar-refractivity contribution in [2.75, 3.05) is 32.6 Å². The molecule has 3 heteroatoms. The molecule has 1 atom stereocenters. The van der Waals surface area contributed by atoms with Crippen molar-refractivity contribution in [3.8, 4) is 5.75 Å². The van der Waals surface area contributed by atoms with Crippen molar-refractivity contribution < 1.29 is 4.74 Å². The van der Waals surface area contributed by atoms with Crippen LogP contribution in [-0.4, -0.2) is 38.2 Å². The lowest BCUT2D eigenvalue weighted by Crippen LogP contribution is -2.38. The number of hydrogen-bond donors (Lipinski definition) is 1. The number of anilines is 1. The minimum atomic E-state index is 0.388. The first-order valence-electron chi connectivity index (χ1n) is 8.11. The molecule has 0 aromatic heterocycles. The number of likely N-dealkylation sites (N-methyl/N-ethyl adjacent to an activating group) is 1. The molecule has 0 heterocycles. The highest BCUT2D eigenvalue weighted by atomic mass is 16.5. The molecule has 0 saturated heterocycles. The summed E-state index contributed by atoms with van der Waals surface area (Å²) in [5, 5.41) is 3.71. The highest BCUT2D eigenvalue weighted by Gasteiger charge is 2.31. The molecule has 118 valence electrons. The van der Waals surface area contributed by atoms with Gasteiger partial charge in [0.25, 0.3) is 0 Å². The lowest BCUT2D eigenvalue weighted by Gasteiger charge is -2.39. The molecule has 0 aliphatic heterocycles. The molecule has 1 unspecified atom stereocenters. The van der Waals surface area contributed by atoms with E-state index in [0.29, 0.717) is 11.5 Å². The smallest absolute Gasteiger partial charge is 0.119 e. The van der Waals surface area contributed by atoms with E-state index >= 15 is 0 Å². The second-order valence-electron chi connectivity index (χ2n) is 7.11. The highest BCUT2D eigenvalue weighted by molar-refractivity contribution is 5.47. The standard InChI is InChI=1S/C18H30N2O/c1-18(2)12-6-5-7-17(18)19-15-8-10-16(11-9-15)21-14-13-20(3)4/h8-11,17,19H,5-7,12-14H2,1-4H3. The fourth-order valence-corrected chi connectivity index (χ4v) is 2.96. The van der Waals surface area contributed by atoms with Crippen molar-refractivity contribution in [2.24, 2.45) is 5.41 Å². The van der Waals surface area contributed by atoms with Crippen LogP contribution in [0, 0.1) is 5.41 Å². The van der Waals surface area contributed by atoms with Crippen molar-refractivity contribution in [1.29, 1.82) is 0 Å². The summed E-state index contributed by atoms with van der Waals surface area (Å²) in [7, 11) is 4.12. The number of hydrogen-bond acceptors (Lipinski definition) is 3. The number of nitrogens with zero attached hydrogens (tertiary/aromatic N) is 1. The maximum atomic E-state index is 5.73. The van der Waals surface area contributed by atoms with E-state index in [-0.39, 0.29) is 0 Å². The Balaban J connectivity index is 1.87. The Labute approximate surface area is 129 Å². The van der Waals surface area contributed by atoms with Gasteiger partial charge in [0.2, 0.25) is 0 Å². The maximum absolute atomic E-state index is 5.73. The van der Waals surface area contributed by atoms with Gasteiger partial charge in [0.1, 0.15) is 12.4 Å². The SMILES string of the molecule is CN(C)CCOc1ccc(NC2CCCCC2(C)C)cc1. The van der Waals surface area contributed by atoms with E-state index in [1.54, 1.807) is 0 Å². The predicted octanol–water partition coefficient (Wildman–Crippen LogP) is 4.01. The molecule has 0 amide bonds. The lowest BCUT2D eigenvalue weighted by atomic mass is 9.73.